The largest absolute Gasteiger partial charge is 0.330 e. The average molecular weight is 275 g/mol. The molecule has 0 radical (unpaired) electrons. The highest BCUT2D eigenvalue weighted by Gasteiger charge is 2.21. The van der Waals surface area contributed by atoms with Gasteiger partial charge in [-0.15, -0.1) is 0 Å². The first kappa shape index (κ1) is 14.9. The topological polar surface area (TPSA) is 75.4 Å². The van der Waals surface area contributed by atoms with E-state index in [2.05, 4.69) is 4.72 Å². The number of nitrogens with zero attached hydrogens (tertiary/aromatic N) is 1. The summed E-state index contributed by atoms with van der Waals surface area (Å²) in [6.07, 6.45) is 0.501. The van der Waals surface area contributed by atoms with Gasteiger partial charge in [0.25, 0.3) is 0 Å². The maximum absolute atomic E-state index is 13.2. The van der Waals surface area contributed by atoms with Gasteiger partial charge in [0.15, 0.2) is 0 Å². The van der Waals surface area contributed by atoms with Crippen molar-refractivity contribution in [3.8, 4) is 0 Å². The van der Waals surface area contributed by atoms with Gasteiger partial charge in [-0.3, -0.25) is 4.31 Å². The van der Waals surface area contributed by atoms with Crippen molar-refractivity contribution in [1.82, 2.24) is 4.72 Å². The molecule has 0 aromatic heterocycles. The van der Waals surface area contributed by atoms with E-state index in [0.717, 1.165) is 4.31 Å². The Kier molecular flexibility index (Phi) is 5.52. The van der Waals surface area contributed by atoms with E-state index in [1.54, 1.807) is 13.0 Å². The first-order chi connectivity index (χ1) is 8.51. The smallest absolute Gasteiger partial charge is 0.301 e. The Morgan fingerprint density at radius 3 is 2.72 bits per heavy atom. The molecule has 0 heterocycles. The highest BCUT2D eigenvalue weighted by Crippen LogP contribution is 2.18. The van der Waals surface area contributed by atoms with E-state index in [1.165, 1.54) is 18.2 Å². The molecule has 1 aromatic rings. The summed E-state index contributed by atoms with van der Waals surface area (Å²) >= 11 is 0. The van der Waals surface area contributed by atoms with Crippen molar-refractivity contribution in [2.45, 2.75) is 13.3 Å². The minimum atomic E-state index is -3.65. The number of hydrogen-bond acceptors (Lipinski definition) is 3. The molecule has 0 spiro atoms. The summed E-state index contributed by atoms with van der Waals surface area (Å²) in [5.74, 6) is -0.475. The van der Waals surface area contributed by atoms with Gasteiger partial charge in [0.2, 0.25) is 0 Å². The minimum Gasteiger partial charge on any atom is -0.330 e. The van der Waals surface area contributed by atoms with Gasteiger partial charge in [0, 0.05) is 13.1 Å². The van der Waals surface area contributed by atoms with E-state index in [1.807, 2.05) is 0 Å². The molecule has 7 heteroatoms. The number of nitrogens with two attached hydrogens (primary N) is 1. The number of hydrogen-bond donors (Lipinski definition) is 2. The third-order valence-electron chi connectivity index (χ3n) is 2.28. The first-order valence-corrected chi connectivity index (χ1v) is 7.18. The Hall–Kier alpha value is -1.18. The SMILES string of the molecule is CCNS(=O)(=O)N(CCCN)c1cccc(F)c1. The van der Waals surface area contributed by atoms with Crippen molar-refractivity contribution in [1.29, 1.82) is 0 Å². The van der Waals surface area contributed by atoms with Gasteiger partial charge >= 0.3 is 10.2 Å². The zero-order valence-electron chi connectivity index (χ0n) is 10.3. The van der Waals surface area contributed by atoms with Gasteiger partial charge in [-0.2, -0.15) is 13.1 Å². The summed E-state index contributed by atoms with van der Waals surface area (Å²) in [5.41, 5.74) is 5.68. The number of anilines is 1. The molecule has 0 saturated carbocycles. The molecule has 0 saturated heterocycles. The van der Waals surface area contributed by atoms with Crippen molar-refractivity contribution in [3.63, 3.8) is 0 Å². The Bertz CT molecular complexity index is 479. The fraction of sp³-hybridized carbons (Fsp3) is 0.455. The van der Waals surface area contributed by atoms with Gasteiger partial charge in [-0.1, -0.05) is 13.0 Å². The van der Waals surface area contributed by atoms with Gasteiger partial charge in [0.05, 0.1) is 5.69 Å². The molecule has 0 fully saturated rings. The summed E-state index contributed by atoms with van der Waals surface area (Å²) in [6.45, 7) is 2.55. The predicted octanol–water partition coefficient (Wildman–Crippen LogP) is 0.835. The van der Waals surface area contributed by atoms with Crippen molar-refractivity contribution in [3.05, 3.63) is 30.1 Å². The molecular formula is C11H18FN3O2S. The van der Waals surface area contributed by atoms with Crippen LogP contribution in [0, 0.1) is 5.82 Å². The first-order valence-electron chi connectivity index (χ1n) is 5.74. The van der Waals surface area contributed by atoms with Crippen molar-refractivity contribution >= 4 is 15.9 Å². The van der Waals surface area contributed by atoms with Crippen molar-refractivity contribution in [2.75, 3.05) is 23.9 Å². The van der Waals surface area contributed by atoms with E-state index < -0.39 is 16.0 Å². The summed E-state index contributed by atoms with van der Waals surface area (Å²) in [4.78, 5) is 0. The molecule has 1 rings (SSSR count). The summed E-state index contributed by atoms with van der Waals surface area (Å²) < 4.78 is 40.7. The van der Waals surface area contributed by atoms with Crippen LogP contribution in [0.4, 0.5) is 10.1 Å². The number of benzene rings is 1. The Morgan fingerprint density at radius 2 is 2.17 bits per heavy atom. The van der Waals surface area contributed by atoms with E-state index >= 15 is 0 Å². The van der Waals surface area contributed by atoms with E-state index in [0.29, 0.717) is 18.7 Å². The molecule has 0 aliphatic rings. The molecule has 3 N–H and O–H groups in total. The van der Waals surface area contributed by atoms with Gasteiger partial charge < -0.3 is 5.73 Å². The summed E-state index contributed by atoms with van der Waals surface area (Å²) in [6, 6.07) is 5.48. The van der Waals surface area contributed by atoms with Crippen LogP contribution >= 0.6 is 0 Å². The molecule has 0 aliphatic heterocycles. The average Bonchev–Trinajstić information content (AvgIpc) is 2.29. The zero-order valence-corrected chi connectivity index (χ0v) is 11.1. The van der Waals surface area contributed by atoms with Crippen LogP contribution in [0.3, 0.4) is 0 Å². The summed E-state index contributed by atoms with van der Waals surface area (Å²) in [5, 5.41) is 0. The van der Waals surface area contributed by atoms with E-state index in [-0.39, 0.29) is 13.1 Å². The second-order valence-corrected chi connectivity index (χ2v) is 5.38. The summed E-state index contributed by atoms with van der Waals surface area (Å²) in [7, 11) is -3.65. The van der Waals surface area contributed by atoms with Crippen LogP contribution in [-0.2, 0) is 10.2 Å². The highest BCUT2D eigenvalue weighted by atomic mass is 32.2. The molecule has 18 heavy (non-hydrogen) atoms. The molecule has 0 bridgehead atoms. The second-order valence-electron chi connectivity index (χ2n) is 3.70. The lowest BCUT2D eigenvalue weighted by Crippen LogP contribution is -2.41. The van der Waals surface area contributed by atoms with Crippen LogP contribution in [0.15, 0.2) is 24.3 Å². The number of rotatable bonds is 7. The van der Waals surface area contributed by atoms with Gasteiger partial charge in [0.1, 0.15) is 5.82 Å². The highest BCUT2D eigenvalue weighted by molar-refractivity contribution is 7.90. The number of nitrogens with one attached hydrogen (secondary N) is 1. The van der Waals surface area contributed by atoms with Crippen LogP contribution in [0.1, 0.15) is 13.3 Å². The molecule has 0 atom stereocenters. The molecule has 0 amide bonds. The fourth-order valence-corrected chi connectivity index (χ4v) is 2.80. The zero-order chi connectivity index (χ0) is 13.6. The molecule has 102 valence electrons. The molecular weight excluding hydrogens is 257 g/mol. The Balaban J connectivity index is 3.05. The van der Waals surface area contributed by atoms with Crippen LogP contribution in [-0.4, -0.2) is 28.1 Å². The Labute approximate surface area is 107 Å². The third kappa shape index (κ3) is 3.94. The van der Waals surface area contributed by atoms with Gasteiger partial charge in [-0.25, -0.2) is 4.39 Å². The normalized spacial score (nSPS) is 11.5. The molecule has 0 unspecified atom stereocenters. The van der Waals surface area contributed by atoms with Gasteiger partial charge in [-0.05, 0) is 31.2 Å². The van der Waals surface area contributed by atoms with E-state index in [9.17, 15) is 12.8 Å². The maximum atomic E-state index is 13.2. The van der Waals surface area contributed by atoms with Crippen LogP contribution in [0.2, 0.25) is 0 Å². The Morgan fingerprint density at radius 1 is 1.44 bits per heavy atom. The monoisotopic (exact) mass is 275 g/mol. The lowest BCUT2D eigenvalue weighted by atomic mass is 10.3. The third-order valence-corrected chi connectivity index (χ3v) is 3.91. The molecule has 1 aromatic carbocycles. The number of halogens is 1. The van der Waals surface area contributed by atoms with Crippen molar-refractivity contribution in [2.24, 2.45) is 5.73 Å². The lowest BCUT2D eigenvalue weighted by Gasteiger charge is -2.24. The predicted molar refractivity (Wildman–Crippen MR) is 70.0 cm³/mol. The van der Waals surface area contributed by atoms with Crippen molar-refractivity contribution < 1.29 is 12.8 Å². The van der Waals surface area contributed by atoms with Crippen LogP contribution in [0.25, 0.3) is 0 Å². The van der Waals surface area contributed by atoms with Crippen LogP contribution in [0.5, 0.6) is 0 Å². The van der Waals surface area contributed by atoms with E-state index in [4.69, 9.17) is 5.73 Å². The maximum Gasteiger partial charge on any atom is 0.301 e. The minimum absolute atomic E-state index is 0.218. The lowest BCUT2D eigenvalue weighted by molar-refractivity contribution is 0.576. The molecule has 0 aliphatic carbocycles. The quantitative estimate of drug-likeness (QED) is 0.774. The van der Waals surface area contributed by atoms with Crippen LogP contribution < -0.4 is 14.8 Å². The second kappa shape index (κ2) is 6.67. The molecule has 5 nitrogen and oxygen atoms in total. The fourth-order valence-electron chi connectivity index (χ4n) is 1.51. The standard InChI is InChI=1S/C11H18FN3O2S/c1-2-14-18(16,17)15(8-4-7-13)11-6-3-5-10(12)9-11/h3,5-6,9,14H,2,4,7-8,13H2,1H3.